The van der Waals surface area contributed by atoms with Gasteiger partial charge in [0, 0.05) is 37.1 Å². The molecule has 5 rings (SSSR count). The fourth-order valence-electron chi connectivity index (χ4n) is 4.74. The van der Waals surface area contributed by atoms with Crippen molar-refractivity contribution in [3.05, 3.63) is 71.9 Å². The Morgan fingerprint density at radius 3 is 2.79 bits per heavy atom. The number of hydrogen-bond acceptors (Lipinski definition) is 6. The number of carbonyl (C=O) groups is 1. The first-order valence-corrected chi connectivity index (χ1v) is 11.8. The summed E-state index contributed by atoms with van der Waals surface area (Å²) in [5.74, 6) is 0.581. The smallest absolute Gasteiger partial charge is 0.237 e. The second-order valence-electron chi connectivity index (χ2n) is 10.00. The predicted molar refractivity (Wildman–Crippen MR) is 132 cm³/mol. The molecule has 0 spiro atoms. The second-order valence-corrected chi connectivity index (χ2v) is 10.00. The Kier molecular flexibility index (Phi) is 6.06. The number of amides is 1. The minimum Gasteiger partial charge on any atom is -0.371 e. The molecule has 0 radical (unpaired) electrons. The van der Waals surface area contributed by atoms with E-state index >= 15 is 0 Å². The average Bonchev–Trinajstić information content (AvgIpc) is 3.19. The van der Waals surface area contributed by atoms with Crippen LogP contribution in [-0.4, -0.2) is 45.1 Å². The van der Waals surface area contributed by atoms with E-state index in [1.807, 2.05) is 42.5 Å². The molecule has 2 aromatic carbocycles. The molecule has 7 heteroatoms. The van der Waals surface area contributed by atoms with Crippen molar-refractivity contribution >= 4 is 17.5 Å². The van der Waals surface area contributed by atoms with Gasteiger partial charge in [0.15, 0.2) is 0 Å². The van der Waals surface area contributed by atoms with Crippen LogP contribution in [0.3, 0.4) is 0 Å². The van der Waals surface area contributed by atoms with Crippen molar-refractivity contribution in [2.75, 3.05) is 11.9 Å². The number of nitrogens with one attached hydrogen (secondary N) is 2. The van der Waals surface area contributed by atoms with Crippen molar-refractivity contribution in [2.45, 2.75) is 58.0 Å². The lowest BCUT2D eigenvalue weighted by Gasteiger charge is -2.25. The van der Waals surface area contributed by atoms with Crippen LogP contribution in [0.2, 0.25) is 0 Å². The third kappa shape index (κ3) is 5.11. The van der Waals surface area contributed by atoms with E-state index in [4.69, 9.17) is 9.72 Å². The Morgan fingerprint density at radius 1 is 1.09 bits per heavy atom. The molecule has 0 aliphatic carbocycles. The van der Waals surface area contributed by atoms with Gasteiger partial charge in [-0.1, -0.05) is 36.4 Å². The van der Waals surface area contributed by atoms with Crippen LogP contribution in [0.25, 0.3) is 11.3 Å². The van der Waals surface area contributed by atoms with Gasteiger partial charge in [0.25, 0.3) is 0 Å². The number of carbonyl (C=O) groups excluding carboxylic acids is 1. The van der Waals surface area contributed by atoms with E-state index in [2.05, 4.69) is 53.4 Å². The third-order valence-electron chi connectivity index (χ3n) is 6.17. The van der Waals surface area contributed by atoms with E-state index in [0.717, 1.165) is 28.1 Å². The summed E-state index contributed by atoms with van der Waals surface area (Å²) in [6, 6.07) is 17.9. The fourth-order valence-corrected chi connectivity index (χ4v) is 4.74. The van der Waals surface area contributed by atoms with E-state index in [0.29, 0.717) is 32.0 Å². The molecule has 4 bridgehead atoms. The third-order valence-corrected chi connectivity index (χ3v) is 6.17. The second kappa shape index (κ2) is 9.16. The van der Waals surface area contributed by atoms with Crippen molar-refractivity contribution in [2.24, 2.45) is 0 Å². The van der Waals surface area contributed by atoms with E-state index in [1.54, 1.807) is 6.20 Å². The van der Waals surface area contributed by atoms with Crippen LogP contribution < -0.4 is 10.6 Å². The summed E-state index contributed by atoms with van der Waals surface area (Å²) in [4.78, 5) is 24.8. The minimum atomic E-state index is -0.263. The molecule has 3 heterocycles. The lowest BCUT2D eigenvalue weighted by molar-refractivity contribution is -0.126. The molecule has 176 valence electrons. The number of hydrogen-bond donors (Lipinski definition) is 2. The Hall–Kier alpha value is -3.29. The van der Waals surface area contributed by atoms with Crippen molar-refractivity contribution in [3.8, 4) is 11.3 Å². The number of para-hydroxylation sites is 1. The number of aromatic nitrogens is 2. The van der Waals surface area contributed by atoms with Crippen LogP contribution in [0.5, 0.6) is 0 Å². The maximum Gasteiger partial charge on any atom is 0.237 e. The lowest BCUT2D eigenvalue weighted by Crippen LogP contribution is -2.42. The standard InChI is InChI=1S/C27H31N5O2/c1-27(2,3)34-21-14-24-25(33)29-15-18-7-6-9-19(13-18)23-11-12-28-26(31-23)30-22-10-5-4-8-20(22)16-32(24)17-21/h4-13,21,24H,14-17H2,1-3H3,(H,29,33)(H,28,30,31)/t21-,24+/m1/s1. The van der Waals surface area contributed by atoms with Crippen molar-refractivity contribution in [3.63, 3.8) is 0 Å². The molecule has 2 atom stereocenters. The fraction of sp³-hybridized carbons (Fsp3) is 0.370. The molecule has 1 aromatic heterocycles. The van der Waals surface area contributed by atoms with Crippen LogP contribution in [0.4, 0.5) is 11.6 Å². The number of anilines is 2. The highest BCUT2D eigenvalue weighted by Gasteiger charge is 2.39. The molecule has 1 fully saturated rings. The molecular weight excluding hydrogens is 426 g/mol. The molecule has 2 N–H and O–H groups in total. The average molecular weight is 458 g/mol. The van der Waals surface area contributed by atoms with Gasteiger partial charge >= 0.3 is 0 Å². The van der Waals surface area contributed by atoms with Gasteiger partial charge < -0.3 is 15.4 Å². The summed E-state index contributed by atoms with van der Waals surface area (Å²) >= 11 is 0. The zero-order valence-electron chi connectivity index (χ0n) is 19.9. The summed E-state index contributed by atoms with van der Waals surface area (Å²) in [6.07, 6.45) is 2.44. The van der Waals surface area contributed by atoms with Crippen LogP contribution in [0.15, 0.2) is 60.8 Å². The van der Waals surface area contributed by atoms with Crippen molar-refractivity contribution < 1.29 is 9.53 Å². The molecule has 1 saturated heterocycles. The quantitative estimate of drug-likeness (QED) is 0.568. The maximum absolute atomic E-state index is 13.4. The van der Waals surface area contributed by atoms with Crippen molar-refractivity contribution in [1.82, 2.24) is 20.2 Å². The maximum atomic E-state index is 13.4. The summed E-state index contributed by atoms with van der Waals surface area (Å²) in [5.41, 5.74) is 4.61. The van der Waals surface area contributed by atoms with E-state index in [9.17, 15) is 4.79 Å². The van der Waals surface area contributed by atoms with Crippen LogP contribution in [0, 0.1) is 0 Å². The molecule has 2 aliphatic rings. The highest BCUT2D eigenvalue weighted by molar-refractivity contribution is 5.82. The van der Waals surface area contributed by atoms with Gasteiger partial charge in [-0.25, -0.2) is 9.97 Å². The van der Waals surface area contributed by atoms with Crippen LogP contribution in [-0.2, 0) is 22.6 Å². The number of fused-ring (bicyclic) bond motifs is 7. The highest BCUT2D eigenvalue weighted by atomic mass is 16.5. The first-order valence-electron chi connectivity index (χ1n) is 11.8. The Bertz CT molecular complexity index is 1190. The topological polar surface area (TPSA) is 79.4 Å². The van der Waals surface area contributed by atoms with Gasteiger partial charge in [0.2, 0.25) is 11.9 Å². The number of rotatable bonds is 1. The monoisotopic (exact) mass is 457 g/mol. The zero-order valence-corrected chi connectivity index (χ0v) is 19.9. The number of ether oxygens (including phenoxy) is 1. The first kappa shape index (κ1) is 22.5. The Balaban J connectivity index is 1.53. The molecule has 3 aromatic rings. The van der Waals surface area contributed by atoms with E-state index < -0.39 is 0 Å². The normalized spacial score (nSPS) is 20.9. The largest absolute Gasteiger partial charge is 0.371 e. The van der Waals surface area contributed by atoms with Crippen LogP contribution in [0.1, 0.15) is 38.3 Å². The van der Waals surface area contributed by atoms with Gasteiger partial charge in [0.1, 0.15) is 0 Å². The molecular formula is C27H31N5O2. The summed E-state index contributed by atoms with van der Waals surface area (Å²) in [5, 5.41) is 6.56. The molecule has 2 aliphatic heterocycles. The Labute approximate surface area is 200 Å². The van der Waals surface area contributed by atoms with Gasteiger partial charge in [-0.05, 0) is 56.5 Å². The van der Waals surface area contributed by atoms with Crippen LogP contribution >= 0.6 is 0 Å². The molecule has 0 unspecified atom stereocenters. The summed E-state index contributed by atoms with van der Waals surface area (Å²) < 4.78 is 6.28. The van der Waals surface area contributed by atoms with Gasteiger partial charge in [-0.3, -0.25) is 9.69 Å². The van der Waals surface area contributed by atoms with Gasteiger partial charge in [-0.15, -0.1) is 0 Å². The highest BCUT2D eigenvalue weighted by Crippen LogP contribution is 2.29. The SMILES string of the molecule is CC(C)(C)O[C@@H]1C[C@H]2C(=O)NCc3cccc(c3)-c3ccnc(n3)Nc3ccccc3CN2C1. The minimum absolute atomic E-state index is 0.00176. The molecule has 0 saturated carbocycles. The first-order chi connectivity index (χ1) is 16.3. The Morgan fingerprint density at radius 2 is 1.94 bits per heavy atom. The molecule has 1 amide bonds. The van der Waals surface area contributed by atoms with Crippen molar-refractivity contribution in [1.29, 1.82) is 0 Å². The van der Waals surface area contributed by atoms with E-state index in [1.165, 1.54) is 0 Å². The van der Waals surface area contributed by atoms with Gasteiger partial charge in [-0.2, -0.15) is 0 Å². The zero-order chi connectivity index (χ0) is 23.7. The van der Waals surface area contributed by atoms with Gasteiger partial charge in [0.05, 0.1) is 23.4 Å². The number of nitrogens with zero attached hydrogens (tertiary/aromatic N) is 3. The lowest BCUT2D eigenvalue weighted by atomic mass is 10.1. The molecule has 34 heavy (non-hydrogen) atoms. The number of benzene rings is 2. The predicted octanol–water partition coefficient (Wildman–Crippen LogP) is 4.28. The van der Waals surface area contributed by atoms with E-state index in [-0.39, 0.29) is 23.7 Å². The summed E-state index contributed by atoms with van der Waals surface area (Å²) in [7, 11) is 0. The molecule has 7 nitrogen and oxygen atoms in total. The summed E-state index contributed by atoms with van der Waals surface area (Å²) in [6.45, 7) is 7.97.